The van der Waals surface area contributed by atoms with Gasteiger partial charge in [-0.25, -0.2) is 0 Å². The van der Waals surface area contributed by atoms with Crippen LogP contribution in [-0.2, 0) is 11.3 Å². The van der Waals surface area contributed by atoms with Crippen molar-refractivity contribution in [1.29, 1.82) is 0 Å². The van der Waals surface area contributed by atoms with Crippen LogP contribution < -0.4 is 0 Å². The molecule has 23 heavy (non-hydrogen) atoms. The average Bonchev–Trinajstić information content (AvgIpc) is 3.09. The monoisotopic (exact) mass is 317 g/mol. The van der Waals surface area contributed by atoms with E-state index in [4.69, 9.17) is 0 Å². The fourth-order valence-electron chi connectivity index (χ4n) is 3.62. The summed E-state index contributed by atoms with van der Waals surface area (Å²) < 4.78 is 0. The maximum atomic E-state index is 12.6. The lowest BCUT2D eigenvalue weighted by atomic mass is 9.96. The van der Waals surface area contributed by atoms with Gasteiger partial charge in [0.2, 0.25) is 5.91 Å². The Morgan fingerprint density at radius 2 is 2.00 bits per heavy atom. The van der Waals surface area contributed by atoms with Gasteiger partial charge >= 0.3 is 0 Å². The van der Waals surface area contributed by atoms with Crippen LogP contribution in [0.1, 0.15) is 31.2 Å². The number of nitro groups is 1. The fourth-order valence-corrected chi connectivity index (χ4v) is 3.62. The predicted molar refractivity (Wildman–Crippen MR) is 86.9 cm³/mol. The molecule has 6 nitrogen and oxygen atoms in total. The van der Waals surface area contributed by atoms with Gasteiger partial charge in [-0.05, 0) is 37.8 Å². The molecule has 0 aromatic heterocycles. The first-order valence-corrected chi connectivity index (χ1v) is 8.38. The lowest BCUT2D eigenvalue weighted by molar-refractivity contribution is -0.384. The van der Waals surface area contributed by atoms with Crippen LogP contribution in [0.25, 0.3) is 0 Å². The number of likely N-dealkylation sites (tertiary alicyclic amines) is 2. The molecule has 2 fully saturated rings. The zero-order valence-corrected chi connectivity index (χ0v) is 13.3. The average molecular weight is 317 g/mol. The molecule has 1 atom stereocenters. The largest absolute Gasteiger partial charge is 0.342 e. The molecule has 124 valence electrons. The second-order valence-corrected chi connectivity index (χ2v) is 6.53. The van der Waals surface area contributed by atoms with Crippen LogP contribution >= 0.6 is 0 Å². The van der Waals surface area contributed by atoms with Crippen molar-refractivity contribution in [2.45, 2.75) is 32.2 Å². The van der Waals surface area contributed by atoms with E-state index in [1.54, 1.807) is 12.1 Å². The minimum Gasteiger partial charge on any atom is -0.342 e. The lowest BCUT2D eigenvalue weighted by Gasteiger charge is -2.33. The number of nitrogens with zero attached hydrogens (tertiary/aromatic N) is 3. The predicted octanol–water partition coefficient (Wildman–Crippen LogP) is 2.43. The smallest absolute Gasteiger partial charge is 0.269 e. The van der Waals surface area contributed by atoms with E-state index < -0.39 is 0 Å². The Hall–Kier alpha value is -1.95. The van der Waals surface area contributed by atoms with Crippen LogP contribution in [0.4, 0.5) is 5.69 Å². The maximum absolute atomic E-state index is 12.6. The highest BCUT2D eigenvalue weighted by atomic mass is 16.6. The zero-order chi connectivity index (χ0) is 16.2. The molecule has 2 aliphatic rings. The molecule has 0 saturated carbocycles. The highest BCUT2D eigenvalue weighted by molar-refractivity contribution is 5.79. The number of hydrogen-bond donors (Lipinski definition) is 0. The van der Waals surface area contributed by atoms with Crippen LogP contribution in [0, 0.1) is 16.0 Å². The Balaban J connectivity index is 1.61. The van der Waals surface area contributed by atoms with E-state index >= 15 is 0 Å². The molecule has 3 rings (SSSR count). The van der Waals surface area contributed by atoms with Gasteiger partial charge in [-0.1, -0.05) is 12.1 Å². The van der Waals surface area contributed by atoms with Gasteiger partial charge in [-0.3, -0.25) is 19.8 Å². The van der Waals surface area contributed by atoms with E-state index in [1.807, 2.05) is 11.0 Å². The van der Waals surface area contributed by atoms with Crippen LogP contribution in [-0.4, -0.2) is 46.8 Å². The number of benzene rings is 1. The second kappa shape index (κ2) is 7.08. The topological polar surface area (TPSA) is 66.7 Å². The van der Waals surface area contributed by atoms with E-state index in [1.165, 1.54) is 6.07 Å². The van der Waals surface area contributed by atoms with E-state index in [2.05, 4.69) is 4.90 Å². The number of rotatable bonds is 4. The molecular weight excluding hydrogens is 294 g/mol. The van der Waals surface area contributed by atoms with Crippen LogP contribution in [0.15, 0.2) is 24.3 Å². The molecule has 0 aliphatic carbocycles. The zero-order valence-electron chi connectivity index (χ0n) is 13.3. The summed E-state index contributed by atoms with van der Waals surface area (Å²) in [4.78, 5) is 27.3. The summed E-state index contributed by atoms with van der Waals surface area (Å²) in [5, 5.41) is 10.9. The van der Waals surface area contributed by atoms with Crippen LogP contribution in [0.3, 0.4) is 0 Å². The summed E-state index contributed by atoms with van der Waals surface area (Å²) >= 11 is 0. The summed E-state index contributed by atoms with van der Waals surface area (Å²) in [5.41, 5.74) is 1.07. The molecule has 1 aromatic rings. The van der Waals surface area contributed by atoms with Gasteiger partial charge in [0.25, 0.3) is 5.69 Å². The van der Waals surface area contributed by atoms with E-state index in [0.29, 0.717) is 12.5 Å². The minimum atomic E-state index is -0.362. The van der Waals surface area contributed by atoms with Gasteiger partial charge in [0.05, 0.1) is 10.8 Å². The van der Waals surface area contributed by atoms with Crippen molar-refractivity contribution < 1.29 is 9.72 Å². The van der Waals surface area contributed by atoms with Crippen molar-refractivity contribution in [2.75, 3.05) is 26.2 Å². The summed E-state index contributed by atoms with van der Waals surface area (Å²) in [5.74, 6) is 0.381. The molecule has 0 spiro atoms. The third kappa shape index (κ3) is 3.88. The third-order valence-corrected chi connectivity index (χ3v) is 4.80. The Bertz CT molecular complexity index is 584. The molecule has 0 radical (unpaired) electrons. The fraction of sp³-hybridized carbons (Fsp3) is 0.588. The summed E-state index contributed by atoms with van der Waals surface area (Å²) in [6.45, 7) is 4.19. The standard InChI is InChI=1S/C17H23N3O3/c21-17(19-9-1-2-10-19)15-6-4-8-18(13-15)12-14-5-3-7-16(11-14)20(22)23/h3,5,7,11,15H,1-2,4,6,8-10,12-13H2/t15-/m0/s1. The number of non-ortho nitro benzene ring substituents is 1. The van der Waals surface area contributed by atoms with Gasteiger partial charge in [0.15, 0.2) is 0 Å². The minimum absolute atomic E-state index is 0.0838. The summed E-state index contributed by atoms with van der Waals surface area (Å²) in [6, 6.07) is 6.79. The van der Waals surface area contributed by atoms with E-state index in [9.17, 15) is 14.9 Å². The van der Waals surface area contributed by atoms with Crippen molar-refractivity contribution in [1.82, 2.24) is 9.80 Å². The van der Waals surface area contributed by atoms with Crippen molar-refractivity contribution >= 4 is 11.6 Å². The second-order valence-electron chi connectivity index (χ2n) is 6.53. The molecule has 1 aromatic carbocycles. The van der Waals surface area contributed by atoms with Crippen LogP contribution in [0.5, 0.6) is 0 Å². The number of amides is 1. The van der Waals surface area contributed by atoms with Crippen LogP contribution in [0.2, 0.25) is 0 Å². The first kappa shape index (κ1) is 15.9. The molecule has 2 heterocycles. The Kier molecular flexibility index (Phi) is 4.91. The van der Waals surface area contributed by atoms with Gasteiger partial charge in [0, 0.05) is 38.3 Å². The quantitative estimate of drug-likeness (QED) is 0.632. The van der Waals surface area contributed by atoms with Gasteiger partial charge in [-0.2, -0.15) is 0 Å². The molecule has 0 bridgehead atoms. The molecule has 0 N–H and O–H groups in total. The number of hydrogen-bond acceptors (Lipinski definition) is 4. The molecule has 2 saturated heterocycles. The lowest BCUT2D eigenvalue weighted by Crippen LogP contribution is -2.43. The van der Waals surface area contributed by atoms with E-state index in [0.717, 1.165) is 57.4 Å². The first-order valence-electron chi connectivity index (χ1n) is 8.38. The van der Waals surface area contributed by atoms with Crippen molar-refractivity contribution in [3.63, 3.8) is 0 Å². The third-order valence-electron chi connectivity index (χ3n) is 4.80. The number of carbonyl (C=O) groups excluding carboxylic acids is 1. The van der Waals surface area contributed by atoms with E-state index in [-0.39, 0.29) is 16.5 Å². The normalized spacial score (nSPS) is 22.3. The van der Waals surface area contributed by atoms with Gasteiger partial charge in [-0.15, -0.1) is 0 Å². The summed E-state index contributed by atoms with van der Waals surface area (Å²) in [7, 11) is 0. The molecule has 2 aliphatic heterocycles. The highest BCUT2D eigenvalue weighted by Crippen LogP contribution is 2.23. The SMILES string of the molecule is O=C([C@H]1CCCN(Cc2cccc([N+](=O)[O-])c2)C1)N1CCCC1. The van der Waals surface area contributed by atoms with Gasteiger partial charge in [0.1, 0.15) is 0 Å². The molecule has 6 heteroatoms. The molecule has 0 unspecified atom stereocenters. The Morgan fingerprint density at radius 3 is 2.74 bits per heavy atom. The first-order chi connectivity index (χ1) is 11.1. The maximum Gasteiger partial charge on any atom is 0.269 e. The Morgan fingerprint density at radius 1 is 1.22 bits per heavy atom. The number of nitro benzene ring substituents is 1. The van der Waals surface area contributed by atoms with Gasteiger partial charge < -0.3 is 4.90 Å². The number of carbonyl (C=O) groups is 1. The summed E-state index contributed by atoms with van der Waals surface area (Å²) in [6.07, 6.45) is 4.21. The van der Waals surface area contributed by atoms with Crippen molar-refractivity contribution in [3.8, 4) is 0 Å². The Labute approximate surface area is 136 Å². The highest BCUT2D eigenvalue weighted by Gasteiger charge is 2.30. The number of piperidine rings is 1. The molecular formula is C17H23N3O3. The molecule has 1 amide bonds. The van der Waals surface area contributed by atoms with Crippen molar-refractivity contribution in [2.24, 2.45) is 5.92 Å². The van der Waals surface area contributed by atoms with Crippen molar-refractivity contribution in [3.05, 3.63) is 39.9 Å².